The van der Waals surface area contributed by atoms with Gasteiger partial charge in [-0.2, -0.15) is 0 Å². The van der Waals surface area contributed by atoms with Crippen LogP contribution in [-0.4, -0.2) is 8.42 Å². The molecular weight excluding hydrogens is 327 g/mol. The molecule has 0 aliphatic heterocycles. The number of nitrogens with one attached hydrogen (secondary N) is 2. The average Bonchev–Trinajstić information content (AvgIpc) is 2.59. The van der Waals surface area contributed by atoms with E-state index in [2.05, 4.69) is 10.0 Å². The smallest absolute Gasteiger partial charge is 0.261 e. The molecule has 6 heteroatoms. The lowest BCUT2D eigenvalue weighted by molar-refractivity contribution is 0.601. The highest BCUT2D eigenvalue weighted by Crippen LogP contribution is 2.22. The summed E-state index contributed by atoms with van der Waals surface area (Å²) in [6.45, 7) is 0. The Balaban J connectivity index is 1.74. The van der Waals surface area contributed by atoms with Crippen molar-refractivity contribution in [2.45, 2.75) is 4.90 Å². The van der Waals surface area contributed by atoms with E-state index in [9.17, 15) is 12.8 Å². The van der Waals surface area contributed by atoms with Crippen LogP contribution in [0.5, 0.6) is 0 Å². The van der Waals surface area contributed by atoms with Crippen LogP contribution in [0, 0.1) is 5.82 Å². The molecule has 0 unspecified atom stereocenters. The lowest BCUT2D eigenvalue weighted by atomic mass is 10.2. The van der Waals surface area contributed by atoms with Gasteiger partial charge in [-0.05, 0) is 48.5 Å². The first-order chi connectivity index (χ1) is 11.5. The zero-order valence-electron chi connectivity index (χ0n) is 12.6. The van der Waals surface area contributed by atoms with Gasteiger partial charge in [0.1, 0.15) is 5.82 Å². The third-order valence-electron chi connectivity index (χ3n) is 3.34. The van der Waals surface area contributed by atoms with E-state index in [0.717, 1.165) is 0 Å². The van der Waals surface area contributed by atoms with Crippen LogP contribution in [-0.2, 0) is 10.0 Å². The molecule has 2 N–H and O–H groups in total. The van der Waals surface area contributed by atoms with Gasteiger partial charge in [-0.15, -0.1) is 0 Å². The lowest BCUT2D eigenvalue weighted by Crippen LogP contribution is -2.12. The third-order valence-corrected chi connectivity index (χ3v) is 4.74. The second-order valence-corrected chi connectivity index (χ2v) is 6.78. The van der Waals surface area contributed by atoms with E-state index in [-0.39, 0.29) is 10.7 Å². The Morgan fingerprint density at radius 3 is 1.96 bits per heavy atom. The van der Waals surface area contributed by atoms with Crippen molar-refractivity contribution in [3.63, 3.8) is 0 Å². The second-order valence-electron chi connectivity index (χ2n) is 5.10. The zero-order valence-corrected chi connectivity index (χ0v) is 13.4. The van der Waals surface area contributed by atoms with Crippen LogP contribution in [0.4, 0.5) is 21.5 Å². The molecule has 0 spiro atoms. The summed E-state index contributed by atoms with van der Waals surface area (Å²) in [5, 5.41) is 2.94. The molecule has 0 fully saturated rings. The maximum absolute atomic E-state index is 13.6. The van der Waals surface area contributed by atoms with Crippen LogP contribution in [0.3, 0.4) is 0 Å². The highest BCUT2D eigenvalue weighted by molar-refractivity contribution is 7.92. The van der Waals surface area contributed by atoms with Gasteiger partial charge in [0.05, 0.1) is 10.6 Å². The molecule has 0 bridgehead atoms. The van der Waals surface area contributed by atoms with E-state index in [1.807, 2.05) is 0 Å². The topological polar surface area (TPSA) is 58.2 Å². The summed E-state index contributed by atoms with van der Waals surface area (Å²) in [7, 11) is -3.62. The molecule has 0 saturated heterocycles. The third kappa shape index (κ3) is 3.72. The lowest BCUT2D eigenvalue weighted by Gasteiger charge is -2.10. The van der Waals surface area contributed by atoms with E-state index in [1.54, 1.807) is 60.7 Å². The Morgan fingerprint density at radius 2 is 1.29 bits per heavy atom. The normalized spacial score (nSPS) is 11.0. The second kappa shape index (κ2) is 6.72. The maximum atomic E-state index is 13.6. The van der Waals surface area contributed by atoms with E-state index in [1.165, 1.54) is 18.2 Å². The first kappa shape index (κ1) is 16.0. The molecule has 3 aromatic rings. The number of anilines is 3. The molecule has 0 aliphatic rings. The van der Waals surface area contributed by atoms with Crippen LogP contribution < -0.4 is 10.0 Å². The van der Waals surface area contributed by atoms with Crippen LogP contribution in [0.15, 0.2) is 83.8 Å². The first-order valence-corrected chi connectivity index (χ1v) is 8.72. The van der Waals surface area contributed by atoms with Gasteiger partial charge in [0.2, 0.25) is 0 Å². The highest BCUT2D eigenvalue weighted by Gasteiger charge is 2.13. The van der Waals surface area contributed by atoms with E-state index in [0.29, 0.717) is 17.1 Å². The van der Waals surface area contributed by atoms with Gasteiger partial charge in [0.25, 0.3) is 10.0 Å². The zero-order chi connectivity index (χ0) is 17.0. The Labute approximate surface area is 140 Å². The number of rotatable bonds is 5. The number of hydrogen-bond donors (Lipinski definition) is 2. The number of para-hydroxylation sites is 1. The minimum atomic E-state index is -3.62. The predicted octanol–water partition coefficient (Wildman–Crippen LogP) is 4.37. The van der Waals surface area contributed by atoms with Gasteiger partial charge in [0.15, 0.2) is 0 Å². The van der Waals surface area contributed by atoms with Crippen molar-refractivity contribution in [1.29, 1.82) is 0 Å². The molecule has 0 amide bonds. The number of sulfonamides is 1. The van der Waals surface area contributed by atoms with E-state index >= 15 is 0 Å². The molecule has 0 atom stereocenters. The molecule has 3 rings (SSSR count). The van der Waals surface area contributed by atoms with Gasteiger partial charge < -0.3 is 5.32 Å². The average molecular weight is 342 g/mol. The number of benzene rings is 3. The minimum Gasteiger partial charge on any atom is -0.353 e. The molecule has 3 aromatic carbocycles. The van der Waals surface area contributed by atoms with Crippen LogP contribution in [0.2, 0.25) is 0 Å². The summed E-state index contributed by atoms with van der Waals surface area (Å²) >= 11 is 0. The molecule has 0 aromatic heterocycles. The Kier molecular flexibility index (Phi) is 4.48. The number of halogens is 1. The highest BCUT2D eigenvalue weighted by atomic mass is 32.2. The maximum Gasteiger partial charge on any atom is 0.261 e. The summed E-state index contributed by atoms with van der Waals surface area (Å²) in [6.07, 6.45) is 0. The first-order valence-electron chi connectivity index (χ1n) is 7.24. The molecule has 0 aliphatic carbocycles. The summed E-state index contributed by atoms with van der Waals surface area (Å²) in [5.41, 5.74) is 1.44. The van der Waals surface area contributed by atoms with Gasteiger partial charge in [-0.1, -0.05) is 30.3 Å². The summed E-state index contributed by atoms with van der Waals surface area (Å²) in [5.74, 6) is -0.355. The molecule has 0 heterocycles. The minimum absolute atomic E-state index is 0.193. The molecule has 0 saturated carbocycles. The fraction of sp³-hybridized carbons (Fsp3) is 0. The Morgan fingerprint density at radius 1 is 0.708 bits per heavy atom. The summed E-state index contributed by atoms with van der Waals surface area (Å²) in [6, 6.07) is 21.0. The molecule has 24 heavy (non-hydrogen) atoms. The van der Waals surface area contributed by atoms with Gasteiger partial charge in [-0.3, -0.25) is 4.72 Å². The molecular formula is C18H15FN2O2S. The van der Waals surface area contributed by atoms with Crippen molar-refractivity contribution < 1.29 is 12.8 Å². The van der Waals surface area contributed by atoms with Gasteiger partial charge in [0, 0.05) is 11.4 Å². The molecule has 0 radical (unpaired) electrons. The fourth-order valence-electron chi connectivity index (χ4n) is 2.15. The SMILES string of the molecule is O=S(=O)(Nc1ccc(Nc2ccccc2F)cc1)c1ccccc1. The Bertz CT molecular complexity index is 927. The summed E-state index contributed by atoms with van der Waals surface area (Å²) < 4.78 is 40.6. The van der Waals surface area contributed by atoms with Crippen molar-refractivity contribution >= 4 is 27.1 Å². The van der Waals surface area contributed by atoms with Crippen molar-refractivity contribution in [2.24, 2.45) is 0 Å². The largest absolute Gasteiger partial charge is 0.353 e. The standard InChI is InChI=1S/C18H15FN2O2S/c19-17-8-4-5-9-18(17)20-14-10-12-15(13-11-14)21-24(22,23)16-6-2-1-3-7-16/h1-13,20-21H. The van der Waals surface area contributed by atoms with Crippen LogP contribution in [0.25, 0.3) is 0 Å². The van der Waals surface area contributed by atoms with Crippen molar-refractivity contribution in [1.82, 2.24) is 0 Å². The van der Waals surface area contributed by atoms with E-state index < -0.39 is 10.0 Å². The fourth-order valence-corrected chi connectivity index (χ4v) is 3.23. The monoisotopic (exact) mass is 342 g/mol. The van der Waals surface area contributed by atoms with Gasteiger partial charge >= 0.3 is 0 Å². The van der Waals surface area contributed by atoms with Gasteiger partial charge in [-0.25, -0.2) is 12.8 Å². The van der Waals surface area contributed by atoms with Crippen molar-refractivity contribution in [3.05, 3.63) is 84.7 Å². The predicted molar refractivity (Wildman–Crippen MR) is 93.4 cm³/mol. The number of hydrogen-bond acceptors (Lipinski definition) is 3. The quantitative estimate of drug-likeness (QED) is 0.724. The summed E-state index contributed by atoms with van der Waals surface area (Å²) in [4.78, 5) is 0.193. The Hall–Kier alpha value is -2.86. The van der Waals surface area contributed by atoms with E-state index in [4.69, 9.17) is 0 Å². The molecule has 4 nitrogen and oxygen atoms in total. The van der Waals surface area contributed by atoms with Crippen molar-refractivity contribution in [2.75, 3.05) is 10.0 Å². The van der Waals surface area contributed by atoms with Crippen LogP contribution in [0.1, 0.15) is 0 Å². The van der Waals surface area contributed by atoms with Crippen LogP contribution >= 0.6 is 0 Å². The van der Waals surface area contributed by atoms with Crippen molar-refractivity contribution in [3.8, 4) is 0 Å². The molecule has 122 valence electrons.